The highest BCUT2D eigenvalue weighted by Gasteiger charge is 2.16. The zero-order valence-electron chi connectivity index (χ0n) is 19.7. The van der Waals surface area contributed by atoms with E-state index in [0.717, 1.165) is 22.3 Å². The van der Waals surface area contributed by atoms with Crippen molar-refractivity contribution >= 4 is 5.97 Å². The second-order valence-electron chi connectivity index (χ2n) is 7.93. The van der Waals surface area contributed by atoms with E-state index in [2.05, 4.69) is 36.5 Å². The molecule has 0 fully saturated rings. The summed E-state index contributed by atoms with van der Waals surface area (Å²) in [5, 5.41) is 21.6. The number of methoxy groups -OCH3 is 2. The van der Waals surface area contributed by atoms with Gasteiger partial charge in [-0.05, 0) is 29.2 Å². The minimum atomic E-state index is -1.05. The van der Waals surface area contributed by atoms with E-state index in [1.165, 1.54) is 5.56 Å². The fourth-order valence-corrected chi connectivity index (χ4v) is 3.79. The third-order valence-electron chi connectivity index (χ3n) is 5.60. The van der Waals surface area contributed by atoms with Crippen LogP contribution in [0.4, 0.5) is 0 Å². The average Bonchev–Trinajstić information content (AvgIpc) is 2.83. The molecule has 34 heavy (non-hydrogen) atoms. The van der Waals surface area contributed by atoms with Gasteiger partial charge in [0.15, 0.2) is 0 Å². The first kappa shape index (κ1) is 25.1. The molecule has 0 unspecified atom stereocenters. The van der Waals surface area contributed by atoms with Crippen molar-refractivity contribution in [1.29, 1.82) is 0 Å². The molecule has 0 aromatic heterocycles. The monoisotopic (exact) mass is 465 g/mol. The number of hydrogen-bond acceptors (Lipinski definition) is 6. The van der Waals surface area contributed by atoms with E-state index in [0.29, 0.717) is 30.4 Å². The Labute approximate surface area is 199 Å². The molecule has 0 radical (unpaired) electrons. The first-order valence-corrected chi connectivity index (χ1v) is 11.0. The number of benzene rings is 3. The zero-order valence-corrected chi connectivity index (χ0v) is 19.7. The van der Waals surface area contributed by atoms with Gasteiger partial charge in [-0.25, -0.2) is 0 Å². The van der Waals surface area contributed by atoms with Crippen molar-refractivity contribution in [2.75, 3.05) is 20.8 Å². The minimum Gasteiger partial charge on any atom is -0.496 e. The molecule has 7 heteroatoms. The Morgan fingerprint density at radius 1 is 1.00 bits per heavy atom. The van der Waals surface area contributed by atoms with Crippen LogP contribution in [0.25, 0.3) is 11.1 Å². The van der Waals surface area contributed by atoms with E-state index in [1.807, 2.05) is 24.3 Å². The molecule has 3 aromatic carbocycles. The number of carbonyl (C=O) groups is 1. The van der Waals surface area contributed by atoms with Crippen LogP contribution in [0.3, 0.4) is 0 Å². The second kappa shape index (κ2) is 12.1. The molecule has 3 N–H and O–H groups in total. The molecular formula is C27H31NO6. The molecule has 0 amide bonds. The third-order valence-corrected chi connectivity index (χ3v) is 5.60. The van der Waals surface area contributed by atoms with Crippen LogP contribution in [-0.4, -0.2) is 43.1 Å². The van der Waals surface area contributed by atoms with Gasteiger partial charge in [0.2, 0.25) is 0 Å². The smallest absolute Gasteiger partial charge is 0.306 e. The third kappa shape index (κ3) is 6.50. The average molecular weight is 466 g/mol. The lowest BCUT2D eigenvalue weighted by molar-refractivity contribution is -0.139. The number of hydrogen-bond donors (Lipinski definition) is 3. The maximum Gasteiger partial charge on any atom is 0.306 e. The van der Waals surface area contributed by atoms with Crippen LogP contribution < -0.4 is 19.5 Å². The molecule has 0 spiro atoms. The number of ether oxygens (including phenoxy) is 3. The van der Waals surface area contributed by atoms with Gasteiger partial charge in [0.1, 0.15) is 23.9 Å². The predicted octanol–water partition coefficient (Wildman–Crippen LogP) is 4.18. The summed E-state index contributed by atoms with van der Waals surface area (Å²) in [6, 6.07) is 20.0. The van der Waals surface area contributed by atoms with E-state index in [9.17, 15) is 9.90 Å². The molecule has 0 saturated heterocycles. The molecule has 0 aliphatic rings. The van der Waals surface area contributed by atoms with E-state index in [-0.39, 0.29) is 13.0 Å². The first-order valence-electron chi connectivity index (χ1n) is 11.0. The lowest BCUT2D eigenvalue weighted by atomic mass is 9.97. The Balaban J connectivity index is 1.73. The summed E-state index contributed by atoms with van der Waals surface area (Å²) in [6.07, 6.45) is -1.30. The fraction of sp³-hybridized carbons (Fsp3) is 0.296. The van der Waals surface area contributed by atoms with Crippen molar-refractivity contribution < 1.29 is 29.2 Å². The predicted molar refractivity (Wildman–Crippen MR) is 130 cm³/mol. The molecule has 0 heterocycles. The van der Waals surface area contributed by atoms with Gasteiger partial charge in [-0.1, -0.05) is 48.5 Å². The first-order chi connectivity index (χ1) is 16.4. The molecule has 3 aromatic rings. The van der Waals surface area contributed by atoms with Crippen LogP contribution in [0.1, 0.15) is 23.1 Å². The normalized spacial score (nSPS) is 11.6. The van der Waals surface area contributed by atoms with E-state index in [1.54, 1.807) is 26.4 Å². The standard InChI is InChI=1S/C27H31NO6/c1-18-20(10-7-11-23(18)19-8-5-4-6-9-19)17-34-22-13-25(32-2)24(26(14-22)33-3)16-28-15-21(29)12-27(30)31/h4-11,13-14,21,28-29H,12,15-17H2,1-3H3,(H,30,31)/t21-/m1/s1. The summed E-state index contributed by atoms with van der Waals surface area (Å²) < 4.78 is 17.2. The minimum absolute atomic E-state index is 0.133. The highest BCUT2D eigenvalue weighted by atomic mass is 16.5. The number of carboxylic acid groups (broad SMARTS) is 1. The van der Waals surface area contributed by atoms with Crippen molar-refractivity contribution in [3.8, 4) is 28.4 Å². The van der Waals surface area contributed by atoms with Crippen LogP contribution in [0.2, 0.25) is 0 Å². The molecule has 0 aliphatic carbocycles. The number of carboxylic acids is 1. The van der Waals surface area contributed by atoms with E-state index in [4.69, 9.17) is 19.3 Å². The summed E-state index contributed by atoms with van der Waals surface area (Å²) in [7, 11) is 3.13. The number of nitrogens with one attached hydrogen (secondary N) is 1. The highest BCUT2D eigenvalue weighted by Crippen LogP contribution is 2.35. The van der Waals surface area contributed by atoms with E-state index >= 15 is 0 Å². The van der Waals surface area contributed by atoms with Gasteiger partial charge in [0, 0.05) is 25.2 Å². The summed E-state index contributed by atoms with van der Waals surface area (Å²) in [6.45, 7) is 2.95. The highest BCUT2D eigenvalue weighted by molar-refractivity contribution is 5.68. The van der Waals surface area contributed by atoms with Crippen molar-refractivity contribution in [2.24, 2.45) is 0 Å². The van der Waals surface area contributed by atoms with Crippen LogP contribution >= 0.6 is 0 Å². The van der Waals surface area contributed by atoms with Gasteiger partial charge in [-0.15, -0.1) is 0 Å². The largest absolute Gasteiger partial charge is 0.496 e. The van der Waals surface area contributed by atoms with Crippen molar-refractivity contribution in [1.82, 2.24) is 5.32 Å². The van der Waals surface area contributed by atoms with Crippen molar-refractivity contribution in [2.45, 2.75) is 32.6 Å². The number of rotatable bonds is 12. The number of aliphatic hydroxyl groups excluding tert-OH is 1. The quantitative estimate of drug-likeness (QED) is 0.369. The molecule has 7 nitrogen and oxygen atoms in total. The Morgan fingerprint density at radius 2 is 1.68 bits per heavy atom. The lowest BCUT2D eigenvalue weighted by Crippen LogP contribution is -2.28. The van der Waals surface area contributed by atoms with Crippen LogP contribution in [0.5, 0.6) is 17.2 Å². The van der Waals surface area contributed by atoms with Gasteiger partial charge >= 0.3 is 5.97 Å². The molecule has 1 atom stereocenters. The molecular weight excluding hydrogens is 434 g/mol. The molecule has 0 saturated carbocycles. The van der Waals surface area contributed by atoms with Gasteiger partial charge < -0.3 is 29.7 Å². The Bertz CT molecular complexity index is 1070. The number of aliphatic hydroxyl groups is 1. The molecule has 0 bridgehead atoms. The van der Waals surface area contributed by atoms with Gasteiger partial charge in [0.25, 0.3) is 0 Å². The van der Waals surface area contributed by atoms with Gasteiger partial charge in [-0.2, -0.15) is 0 Å². The topological polar surface area (TPSA) is 97.3 Å². The summed E-state index contributed by atoms with van der Waals surface area (Å²) in [5.41, 5.74) is 5.33. The molecule has 0 aliphatic heterocycles. The van der Waals surface area contributed by atoms with Gasteiger partial charge in [0.05, 0.1) is 32.3 Å². The Hall–Kier alpha value is -3.55. The van der Waals surface area contributed by atoms with Crippen LogP contribution in [0, 0.1) is 6.92 Å². The fourth-order valence-electron chi connectivity index (χ4n) is 3.79. The summed E-state index contributed by atoms with van der Waals surface area (Å²) >= 11 is 0. The van der Waals surface area contributed by atoms with Crippen molar-refractivity contribution in [3.05, 3.63) is 77.4 Å². The second-order valence-corrected chi connectivity index (χ2v) is 7.93. The summed E-state index contributed by atoms with van der Waals surface area (Å²) in [5.74, 6) is 0.706. The number of aliphatic carboxylic acids is 1. The maximum absolute atomic E-state index is 10.7. The lowest BCUT2D eigenvalue weighted by Gasteiger charge is -2.18. The van der Waals surface area contributed by atoms with Gasteiger partial charge in [-0.3, -0.25) is 4.79 Å². The molecule has 3 rings (SSSR count). The van der Waals surface area contributed by atoms with Crippen LogP contribution in [-0.2, 0) is 17.9 Å². The van der Waals surface area contributed by atoms with Crippen molar-refractivity contribution in [3.63, 3.8) is 0 Å². The summed E-state index contributed by atoms with van der Waals surface area (Å²) in [4.78, 5) is 10.7. The van der Waals surface area contributed by atoms with E-state index < -0.39 is 12.1 Å². The Morgan fingerprint density at radius 3 is 2.29 bits per heavy atom. The SMILES string of the molecule is COc1cc(OCc2cccc(-c3ccccc3)c2C)cc(OC)c1CNC[C@H](O)CC(=O)O. The molecule has 180 valence electrons. The zero-order chi connectivity index (χ0) is 24.5. The maximum atomic E-state index is 10.7. The van der Waals surface area contributed by atoms with Crippen LogP contribution in [0.15, 0.2) is 60.7 Å². The Kier molecular flexibility index (Phi) is 8.90.